The summed E-state index contributed by atoms with van der Waals surface area (Å²) in [6, 6.07) is 18.0. The standard InChI is InChI=1S/C9H18.C8H16.C7H7Cl.C7H14.C7H8.C6H12.C5H12.C4H8.2C4H10.C3H8.C2H6/c1-9-7-5-3-2-4-6-8-9;1-8-6-4-2-3-5-7-8;1-6-4-2-3-5-7(6)8;2*1-7-5-3-2-4-6-7;1-6-4-2-3-5-6;1-5(2,3)4;1-4-2-3-4;1-4(2)3;1-3-4-2;1-3-2;1-2/h9H,2-8H2,1H3;8H,2-7H2,1H3;2-5H,1H3;7H,2-6H2,1H3;2-6H,1H3;6H,2-5H2,1H3;1-4H3;4H,2-3H2,1H3;4H,1-3H3;3-4H2,1-2H3;3H2,1-2H3;1-2H3. The van der Waals surface area contributed by atoms with Crippen LogP contribution in [0.5, 0.6) is 0 Å². The monoisotopic (exact) mass is 957 g/mol. The second-order valence-electron chi connectivity index (χ2n) is 23.2. The van der Waals surface area contributed by atoms with E-state index < -0.39 is 0 Å². The fraction of sp³-hybridized carbons (Fsp3) is 0.818. The van der Waals surface area contributed by atoms with Gasteiger partial charge in [-0.2, -0.15) is 0 Å². The first-order valence-electron chi connectivity index (χ1n) is 29.5. The van der Waals surface area contributed by atoms with Crippen molar-refractivity contribution in [3.63, 3.8) is 0 Å². The van der Waals surface area contributed by atoms with Gasteiger partial charge in [-0.3, -0.25) is 0 Å². The first-order valence-corrected chi connectivity index (χ1v) is 29.8. The number of hydrogen-bond donors (Lipinski definition) is 0. The van der Waals surface area contributed by atoms with Crippen molar-refractivity contribution in [1.82, 2.24) is 0 Å². The van der Waals surface area contributed by atoms with Gasteiger partial charge in [0.05, 0.1) is 0 Å². The molecular formula is C66H129Cl. The predicted molar refractivity (Wildman–Crippen MR) is 318 cm³/mol. The van der Waals surface area contributed by atoms with Crippen molar-refractivity contribution >= 4 is 11.6 Å². The van der Waals surface area contributed by atoms with Crippen LogP contribution in [-0.2, 0) is 0 Å². The lowest BCUT2D eigenvalue weighted by molar-refractivity contribution is 0.385. The minimum Gasteiger partial charge on any atom is -0.0841 e. The van der Waals surface area contributed by atoms with Gasteiger partial charge in [0.15, 0.2) is 0 Å². The lowest BCUT2D eigenvalue weighted by Crippen LogP contribution is -1.99. The minimum atomic E-state index is 0.500. The molecule has 0 saturated heterocycles. The molecule has 0 N–H and O–H groups in total. The van der Waals surface area contributed by atoms with Crippen LogP contribution in [0.3, 0.4) is 0 Å². The van der Waals surface area contributed by atoms with Gasteiger partial charge in [0, 0.05) is 5.02 Å². The van der Waals surface area contributed by atoms with E-state index in [0.29, 0.717) is 5.41 Å². The molecule has 2 aromatic rings. The first-order chi connectivity index (χ1) is 31.7. The van der Waals surface area contributed by atoms with Gasteiger partial charge >= 0.3 is 0 Å². The molecule has 0 heterocycles. The molecule has 5 aliphatic rings. The molecule has 0 aliphatic heterocycles. The third-order valence-corrected chi connectivity index (χ3v) is 11.9. The van der Waals surface area contributed by atoms with Crippen LogP contribution >= 0.6 is 11.6 Å². The Morgan fingerprint density at radius 1 is 0.418 bits per heavy atom. The smallest absolute Gasteiger partial charge is 0.0435 e. The molecule has 7 rings (SSSR count). The first kappa shape index (κ1) is 74.7. The fourth-order valence-electron chi connectivity index (χ4n) is 6.83. The fourth-order valence-corrected chi connectivity index (χ4v) is 6.97. The summed E-state index contributed by atoms with van der Waals surface area (Å²) in [5.74, 6) is 6.04. The van der Waals surface area contributed by atoms with E-state index in [4.69, 9.17) is 11.6 Å². The van der Waals surface area contributed by atoms with Gasteiger partial charge in [0.2, 0.25) is 0 Å². The van der Waals surface area contributed by atoms with E-state index in [9.17, 15) is 0 Å². The molecule has 67 heavy (non-hydrogen) atoms. The summed E-state index contributed by atoms with van der Waals surface area (Å²) >= 11 is 5.71. The zero-order valence-electron chi connectivity index (χ0n) is 50.1. The molecule has 400 valence electrons. The third-order valence-electron chi connectivity index (χ3n) is 11.5. The molecule has 0 radical (unpaired) electrons. The van der Waals surface area contributed by atoms with Gasteiger partial charge in [-0.25, -0.2) is 0 Å². The van der Waals surface area contributed by atoms with Crippen LogP contribution in [0.25, 0.3) is 0 Å². The van der Waals surface area contributed by atoms with Crippen molar-refractivity contribution in [1.29, 1.82) is 0 Å². The van der Waals surface area contributed by atoms with Gasteiger partial charge in [-0.1, -0.05) is 364 Å². The van der Waals surface area contributed by atoms with Crippen LogP contribution in [0.2, 0.25) is 5.02 Å². The topological polar surface area (TPSA) is 0 Å². The number of hydrogen-bond acceptors (Lipinski definition) is 0. The van der Waals surface area contributed by atoms with Crippen LogP contribution in [0.15, 0.2) is 54.6 Å². The van der Waals surface area contributed by atoms with Crippen molar-refractivity contribution in [2.24, 2.45) is 40.9 Å². The Hall–Kier alpha value is -1.27. The summed E-state index contributed by atoms with van der Waals surface area (Å²) in [6.45, 7) is 43.7. The molecule has 1 heteroatoms. The molecule has 0 spiro atoms. The Labute approximate surface area is 433 Å². The van der Waals surface area contributed by atoms with E-state index in [1.807, 2.05) is 63.2 Å². The predicted octanol–water partition coefficient (Wildman–Crippen LogP) is 25.1. The van der Waals surface area contributed by atoms with Crippen molar-refractivity contribution < 1.29 is 0 Å². The summed E-state index contributed by atoms with van der Waals surface area (Å²) < 4.78 is 0. The summed E-state index contributed by atoms with van der Waals surface area (Å²) in [6.07, 6.45) is 39.6. The van der Waals surface area contributed by atoms with Gasteiger partial charge in [0.25, 0.3) is 0 Å². The quantitative estimate of drug-likeness (QED) is 0.250. The Balaban J connectivity index is -0.000000212. The number of unbranched alkanes of at least 4 members (excludes halogenated alkanes) is 1. The van der Waals surface area contributed by atoms with Crippen LogP contribution < -0.4 is 0 Å². The van der Waals surface area contributed by atoms with E-state index in [2.05, 4.69) is 130 Å². The Morgan fingerprint density at radius 2 is 0.627 bits per heavy atom. The third kappa shape index (κ3) is 82.0. The highest BCUT2D eigenvalue weighted by Gasteiger charge is 2.12. The zero-order valence-corrected chi connectivity index (χ0v) is 50.9. The van der Waals surface area contributed by atoms with Gasteiger partial charge in [-0.15, -0.1) is 0 Å². The van der Waals surface area contributed by atoms with Gasteiger partial charge < -0.3 is 0 Å². The number of benzene rings is 2. The maximum atomic E-state index is 5.71. The summed E-state index contributed by atoms with van der Waals surface area (Å²) in [5, 5.41) is 0.840. The molecule has 0 atom stereocenters. The van der Waals surface area contributed by atoms with Crippen LogP contribution in [0.1, 0.15) is 309 Å². The normalized spacial score (nSPS) is 17.1. The van der Waals surface area contributed by atoms with Crippen LogP contribution in [-0.4, -0.2) is 0 Å². The highest BCUT2D eigenvalue weighted by atomic mass is 35.5. The van der Waals surface area contributed by atoms with E-state index in [1.165, 1.54) is 179 Å². The molecule has 2 aromatic carbocycles. The molecule has 5 aliphatic carbocycles. The Morgan fingerprint density at radius 3 is 0.791 bits per heavy atom. The van der Waals surface area contributed by atoms with E-state index >= 15 is 0 Å². The van der Waals surface area contributed by atoms with Crippen molar-refractivity contribution in [3.05, 3.63) is 70.7 Å². The largest absolute Gasteiger partial charge is 0.0841 e. The second kappa shape index (κ2) is 57.3. The number of rotatable bonds is 1. The SMILES string of the molecule is CC.CC(C)(C)C.CC(C)C.CC1CC1.CC1CCCC1.CC1CCCCC1.CC1CCCCCC1.CC1CCCCCCC1.CCC.CCCC.Cc1ccccc1.Cc1ccccc1Cl. The lowest BCUT2D eigenvalue weighted by atomic mass is 9.91. The summed E-state index contributed by atoms with van der Waals surface area (Å²) in [5.41, 5.74) is 2.96. The highest BCUT2D eigenvalue weighted by molar-refractivity contribution is 6.31. The molecule has 0 amide bonds. The zero-order chi connectivity index (χ0) is 52.2. The summed E-state index contributed by atoms with van der Waals surface area (Å²) in [7, 11) is 0. The maximum absolute atomic E-state index is 5.71. The molecule has 0 unspecified atom stereocenters. The number of aryl methyl sites for hydroxylation is 2. The van der Waals surface area contributed by atoms with Crippen molar-refractivity contribution in [3.8, 4) is 0 Å². The van der Waals surface area contributed by atoms with E-state index in [0.717, 1.165) is 46.1 Å². The van der Waals surface area contributed by atoms with Gasteiger partial charge in [-0.05, 0) is 66.4 Å². The molecule has 0 bridgehead atoms. The van der Waals surface area contributed by atoms with Crippen LogP contribution in [0.4, 0.5) is 0 Å². The molecular weight excluding hydrogens is 828 g/mol. The summed E-state index contributed by atoms with van der Waals surface area (Å²) in [4.78, 5) is 0. The van der Waals surface area contributed by atoms with E-state index in [-0.39, 0.29) is 0 Å². The minimum absolute atomic E-state index is 0.500. The molecule has 5 saturated carbocycles. The Kier molecular flexibility index (Phi) is 63.9. The Bertz CT molecular complexity index is 1080. The lowest BCUT2D eigenvalue weighted by Gasteiger charge is -2.15. The molecule has 0 nitrogen and oxygen atoms in total. The number of halogens is 1. The van der Waals surface area contributed by atoms with E-state index in [1.54, 1.807) is 0 Å². The van der Waals surface area contributed by atoms with Crippen LogP contribution in [0, 0.1) is 54.8 Å². The van der Waals surface area contributed by atoms with Gasteiger partial charge in [0.1, 0.15) is 0 Å². The molecule has 0 aromatic heterocycles. The average molecular weight is 958 g/mol. The molecule has 5 fully saturated rings. The average Bonchev–Trinajstić information content (AvgIpc) is 3.98. The highest BCUT2D eigenvalue weighted by Crippen LogP contribution is 2.27. The maximum Gasteiger partial charge on any atom is 0.0435 e. The second-order valence-corrected chi connectivity index (χ2v) is 23.6. The van der Waals surface area contributed by atoms with Crippen molar-refractivity contribution in [2.45, 2.75) is 312 Å². The van der Waals surface area contributed by atoms with Crippen molar-refractivity contribution in [2.75, 3.05) is 0 Å².